The van der Waals surface area contributed by atoms with E-state index in [1.807, 2.05) is 0 Å². The van der Waals surface area contributed by atoms with Crippen LogP contribution in [0.5, 0.6) is 0 Å². The minimum atomic E-state index is -0.411. The van der Waals surface area contributed by atoms with Crippen molar-refractivity contribution in [3.8, 4) is 0 Å². The monoisotopic (exact) mass is 334 g/mol. The van der Waals surface area contributed by atoms with E-state index in [-0.39, 0.29) is 17.8 Å². The number of nitrogens with zero attached hydrogens (tertiary/aromatic N) is 4. The second-order valence-electron chi connectivity index (χ2n) is 6.89. The van der Waals surface area contributed by atoms with Crippen molar-refractivity contribution in [3.05, 3.63) is 22.1 Å². The summed E-state index contributed by atoms with van der Waals surface area (Å²) in [5.74, 6) is 0.760. The number of fused-ring (bicyclic) bond motifs is 1. The van der Waals surface area contributed by atoms with Gasteiger partial charge in [0.05, 0.1) is 13.0 Å². The summed E-state index contributed by atoms with van der Waals surface area (Å²) in [6, 6.07) is 0. The zero-order chi connectivity index (χ0) is 16.9. The number of nitro groups is 1. The fraction of sp³-hybridized carbons (Fsp3) is 0.765. The Kier molecular flexibility index (Phi) is 5.48. The van der Waals surface area contributed by atoms with Gasteiger partial charge in [0.1, 0.15) is 12.3 Å². The maximum atomic E-state index is 11.1. The molecule has 0 aromatic carbocycles. The van der Waals surface area contributed by atoms with E-state index in [2.05, 4.69) is 10.1 Å². The second kappa shape index (κ2) is 7.77. The van der Waals surface area contributed by atoms with Gasteiger partial charge in [0.25, 0.3) is 0 Å². The molecule has 0 radical (unpaired) electrons. The molecule has 3 rings (SSSR count). The number of aromatic nitrogens is 2. The second-order valence-corrected chi connectivity index (χ2v) is 6.89. The average Bonchev–Trinajstić information content (AvgIpc) is 3.10. The normalized spacial score (nSPS) is 25.8. The highest BCUT2D eigenvalue weighted by Gasteiger charge is 2.38. The maximum absolute atomic E-state index is 11.1. The summed E-state index contributed by atoms with van der Waals surface area (Å²) in [6.45, 7) is 0. The summed E-state index contributed by atoms with van der Waals surface area (Å²) in [6.07, 6.45) is 13.5. The topological polar surface area (TPSA) is 82.5 Å². The first kappa shape index (κ1) is 16.9. The van der Waals surface area contributed by atoms with Crippen molar-refractivity contribution >= 4 is 11.5 Å². The van der Waals surface area contributed by atoms with Crippen LogP contribution in [0.1, 0.15) is 70.0 Å². The molecule has 1 aliphatic heterocycles. The molecule has 7 heteroatoms. The van der Waals surface area contributed by atoms with Gasteiger partial charge in [-0.3, -0.25) is 0 Å². The number of hydrogen-bond acceptors (Lipinski definition) is 5. The van der Waals surface area contributed by atoms with Crippen LogP contribution in [-0.4, -0.2) is 26.3 Å². The van der Waals surface area contributed by atoms with Crippen molar-refractivity contribution in [2.75, 3.05) is 0 Å². The van der Waals surface area contributed by atoms with Crippen molar-refractivity contribution in [2.24, 2.45) is 18.1 Å². The average molecular weight is 334 g/mol. The lowest BCUT2D eigenvalue weighted by molar-refractivity contribution is -0.391. The van der Waals surface area contributed by atoms with Crippen LogP contribution in [0.2, 0.25) is 0 Å². The van der Waals surface area contributed by atoms with E-state index < -0.39 is 4.92 Å². The third-order valence-electron chi connectivity index (χ3n) is 5.22. The summed E-state index contributed by atoms with van der Waals surface area (Å²) >= 11 is 0. The van der Waals surface area contributed by atoms with Crippen LogP contribution in [0, 0.1) is 16.0 Å². The molecule has 0 bridgehead atoms. The lowest BCUT2D eigenvalue weighted by Crippen LogP contribution is -2.26. The Bertz CT molecular complexity index is 611. The molecule has 0 unspecified atom stereocenters. The SMILES string of the molecule is Cn1c([N+](=O)[O-])cnc1C1=NO[C@@H]2CCCCCCCCCC[C@@H]12. The van der Waals surface area contributed by atoms with Gasteiger partial charge in [-0.2, -0.15) is 0 Å². The first-order valence-electron chi connectivity index (χ1n) is 9.08. The van der Waals surface area contributed by atoms with Gasteiger partial charge >= 0.3 is 5.82 Å². The highest BCUT2D eigenvalue weighted by molar-refractivity contribution is 6.00. The Morgan fingerprint density at radius 2 is 1.75 bits per heavy atom. The smallest absolute Gasteiger partial charge is 0.342 e. The van der Waals surface area contributed by atoms with Crippen molar-refractivity contribution in [3.63, 3.8) is 0 Å². The lowest BCUT2D eigenvalue weighted by atomic mass is 9.87. The number of rotatable bonds is 2. The molecule has 1 aromatic rings. The van der Waals surface area contributed by atoms with Gasteiger partial charge in [-0.1, -0.05) is 50.1 Å². The van der Waals surface area contributed by atoms with E-state index in [0.29, 0.717) is 5.82 Å². The molecule has 0 N–H and O–H groups in total. The minimum absolute atomic E-state index is 0.00990. The third kappa shape index (κ3) is 3.60. The summed E-state index contributed by atoms with van der Waals surface area (Å²) in [5, 5.41) is 15.3. The van der Waals surface area contributed by atoms with E-state index in [1.165, 1.54) is 49.3 Å². The first-order chi connectivity index (χ1) is 11.7. The number of oxime groups is 1. The molecule has 7 nitrogen and oxygen atoms in total. The predicted molar refractivity (Wildman–Crippen MR) is 90.9 cm³/mol. The largest absolute Gasteiger partial charge is 0.391 e. The molecule has 1 aromatic heterocycles. The van der Waals surface area contributed by atoms with Crippen LogP contribution in [-0.2, 0) is 11.9 Å². The lowest BCUT2D eigenvalue weighted by Gasteiger charge is -2.19. The molecule has 1 aliphatic carbocycles. The molecule has 2 aliphatic rings. The molecule has 0 spiro atoms. The third-order valence-corrected chi connectivity index (χ3v) is 5.22. The van der Waals surface area contributed by atoms with Gasteiger partial charge in [0.2, 0.25) is 5.82 Å². The van der Waals surface area contributed by atoms with Gasteiger partial charge < -0.3 is 15.0 Å². The van der Waals surface area contributed by atoms with Crippen LogP contribution in [0.4, 0.5) is 5.82 Å². The van der Waals surface area contributed by atoms with E-state index in [1.54, 1.807) is 7.05 Å². The highest BCUT2D eigenvalue weighted by Crippen LogP contribution is 2.32. The van der Waals surface area contributed by atoms with Crippen LogP contribution >= 0.6 is 0 Å². The molecule has 1 fully saturated rings. The highest BCUT2D eigenvalue weighted by atomic mass is 16.6. The van der Waals surface area contributed by atoms with E-state index >= 15 is 0 Å². The Balaban J connectivity index is 1.77. The van der Waals surface area contributed by atoms with Crippen LogP contribution in [0.15, 0.2) is 11.4 Å². The minimum Gasteiger partial charge on any atom is -0.391 e. The van der Waals surface area contributed by atoms with E-state index in [4.69, 9.17) is 4.84 Å². The van der Waals surface area contributed by atoms with Gasteiger partial charge in [-0.05, 0) is 24.2 Å². The van der Waals surface area contributed by atoms with E-state index in [9.17, 15) is 10.1 Å². The van der Waals surface area contributed by atoms with Crippen molar-refractivity contribution in [1.29, 1.82) is 0 Å². The van der Waals surface area contributed by atoms with Crippen molar-refractivity contribution < 1.29 is 9.76 Å². The molecule has 0 saturated heterocycles. The molecule has 0 amide bonds. The molecule has 1 saturated carbocycles. The van der Waals surface area contributed by atoms with Crippen LogP contribution in [0.3, 0.4) is 0 Å². The Morgan fingerprint density at radius 1 is 1.12 bits per heavy atom. The predicted octanol–water partition coefficient (Wildman–Crippen LogP) is 3.96. The molecular weight excluding hydrogens is 308 g/mol. The van der Waals surface area contributed by atoms with Crippen LogP contribution in [0.25, 0.3) is 0 Å². The van der Waals surface area contributed by atoms with Crippen LogP contribution < -0.4 is 0 Å². The molecule has 2 heterocycles. The first-order valence-corrected chi connectivity index (χ1v) is 9.08. The zero-order valence-electron chi connectivity index (χ0n) is 14.3. The molecular formula is C17H26N4O3. The summed E-state index contributed by atoms with van der Waals surface area (Å²) in [4.78, 5) is 20.6. The Morgan fingerprint density at radius 3 is 2.38 bits per heavy atom. The molecule has 132 valence electrons. The van der Waals surface area contributed by atoms with Gasteiger partial charge in [-0.25, -0.2) is 9.55 Å². The molecule has 2 atom stereocenters. The summed E-state index contributed by atoms with van der Waals surface area (Å²) in [7, 11) is 1.67. The Labute approximate surface area is 142 Å². The number of imidazole rings is 1. The standard InChI is InChI=1S/C17H26N4O3/c1-20-15(21(22)23)12-18-17(20)16-13-10-8-6-4-2-3-5-7-9-11-14(13)24-19-16/h12-14H,2-11H2,1H3/t13-,14-/m1/s1. The van der Waals surface area contributed by atoms with Crippen molar-refractivity contribution in [1.82, 2.24) is 9.55 Å². The van der Waals surface area contributed by atoms with Gasteiger partial charge in [-0.15, -0.1) is 0 Å². The van der Waals surface area contributed by atoms with Gasteiger partial charge in [0, 0.05) is 0 Å². The fourth-order valence-corrected chi connectivity index (χ4v) is 3.80. The Hall–Kier alpha value is -1.92. The summed E-state index contributed by atoms with van der Waals surface area (Å²) < 4.78 is 1.51. The van der Waals surface area contributed by atoms with E-state index in [0.717, 1.165) is 31.4 Å². The van der Waals surface area contributed by atoms with Gasteiger partial charge in [0.15, 0.2) is 5.71 Å². The maximum Gasteiger partial charge on any atom is 0.342 e. The fourth-order valence-electron chi connectivity index (χ4n) is 3.80. The molecule has 24 heavy (non-hydrogen) atoms. The zero-order valence-corrected chi connectivity index (χ0v) is 14.3. The van der Waals surface area contributed by atoms with Crippen molar-refractivity contribution in [2.45, 2.75) is 70.3 Å². The summed E-state index contributed by atoms with van der Waals surface area (Å²) in [5.41, 5.74) is 0.785. The quantitative estimate of drug-likeness (QED) is 0.605. The number of hydrogen-bond donors (Lipinski definition) is 0.